The smallest absolute Gasteiger partial charge is 0.134 e. The Bertz CT molecular complexity index is 977. The van der Waals surface area contributed by atoms with Crippen molar-refractivity contribution >= 4 is 22.4 Å². The summed E-state index contributed by atoms with van der Waals surface area (Å²) in [6.45, 7) is 1.99. The van der Waals surface area contributed by atoms with Gasteiger partial charge in [0.25, 0.3) is 0 Å². The highest BCUT2D eigenvalue weighted by Gasteiger charge is 2.08. The summed E-state index contributed by atoms with van der Waals surface area (Å²) < 4.78 is 0. The van der Waals surface area contributed by atoms with E-state index in [1.165, 1.54) is 6.33 Å². The normalized spacial score (nSPS) is 10.8. The molecule has 0 spiro atoms. The first-order valence-electron chi connectivity index (χ1n) is 7.08. The van der Waals surface area contributed by atoms with Gasteiger partial charge in [-0.3, -0.25) is 15.1 Å². The zero-order valence-corrected chi connectivity index (χ0v) is 12.4. The molecule has 0 aromatic carbocycles. The molecule has 4 aromatic rings. The van der Waals surface area contributed by atoms with Crippen molar-refractivity contribution in [3.05, 3.63) is 55.0 Å². The molecule has 0 fully saturated rings. The molecule has 0 aliphatic rings. The van der Waals surface area contributed by atoms with Crippen LogP contribution < -0.4 is 5.32 Å². The van der Waals surface area contributed by atoms with E-state index < -0.39 is 0 Å². The molecule has 7 heteroatoms. The highest BCUT2D eigenvalue weighted by Crippen LogP contribution is 2.26. The number of aromatic nitrogens is 6. The van der Waals surface area contributed by atoms with E-state index in [2.05, 4.69) is 35.5 Å². The van der Waals surface area contributed by atoms with Gasteiger partial charge in [0.15, 0.2) is 0 Å². The molecular formula is C16H13N7. The van der Waals surface area contributed by atoms with Gasteiger partial charge in [-0.05, 0) is 18.6 Å². The first-order chi connectivity index (χ1) is 11.3. The predicted octanol–water partition coefficient (Wildman–Crippen LogP) is 2.86. The van der Waals surface area contributed by atoms with Crippen LogP contribution in [0.4, 0.5) is 11.5 Å². The average molecular weight is 303 g/mol. The van der Waals surface area contributed by atoms with Crippen molar-refractivity contribution in [3.63, 3.8) is 0 Å². The number of aromatic amines is 1. The van der Waals surface area contributed by atoms with Gasteiger partial charge in [0.2, 0.25) is 0 Å². The van der Waals surface area contributed by atoms with Crippen LogP contribution in [0, 0.1) is 6.92 Å². The standard InChI is InChI=1S/C16H13N7/c1-10-2-11(5-17-4-10)22-16-3-14(19-9-20-16)12-6-18-8-15-13(12)7-21-23-15/h2-9H,1H3,(H,21,23)(H,19,20,22). The fourth-order valence-corrected chi connectivity index (χ4v) is 2.41. The van der Waals surface area contributed by atoms with Gasteiger partial charge in [-0.1, -0.05) is 0 Å². The number of H-pyrrole nitrogens is 1. The number of hydrogen-bond donors (Lipinski definition) is 2. The molecule has 4 rings (SSSR count). The van der Waals surface area contributed by atoms with Gasteiger partial charge in [-0.15, -0.1) is 0 Å². The fraction of sp³-hybridized carbons (Fsp3) is 0.0625. The number of pyridine rings is 2. The number of anilines is 2. The maximum atomic E-state index is 4.35. The van der Waals surface area contributed by atoms with Gasteiger partial charge in [0.1, 0.15) is 12.1 Å². The van der Waals surface area contributed by atoms with Crippen LogP contribution >= 0.6 is 0 Å². The minimum absolute atomic E-state index is 0.697. The molecule has 0 atom stereocenters. The largest absolute Gasteiger partial charge is 0.339 e. The Labute approximate surface area is 131 Å². The van der Waals surface area contributed by atoms with Crippen molar-refractivity contribution in [2.24, 2.45) is 0 Å². The lowest BCUT2D eigenvalue weighted by atomic mass is 10.1. The summed E-state index contributed by atoms with van der Waals surface area (Å²) in [7, 11) is 0. The number of nitrogens with one attached hydrogen (secondary N) is 2. The molecule has 0 unspecified atom stereocenters. The van der Waals surface area contributed by atoms with E-state index in [9.17, 15) is 0 Å². The maximum absolute atomic E-state index is 4.35. The van der Waals surface area contributed by atoms with Gasteiger partial charge in [0, 0.05) is 29.4 Å². The molecule has 4 heterocycles. The Morgan fingerprint density at radius 1 is 0.957 bits per heavy atom. The number of hydrogen-bond acceptors (Lipinski definition) is 6. The Kier molecular flexibility index (Phi) is 3.16. The highest BCUT2D eigenvalue weighted by molar-refractivity contribution is 5.92. The summed E-state index contributed by atoms with van der Waals surface area (Å²) >= 11 is 0. The monoisotopic (exact) mass is 303 g/mol. The molecule has 0 saturated heterocycles. The molecule has 4 aromatic heterocycles. The first kappa shape index (κ1) is 13.3. The summed E-state index contributed by atoms with van der Waals surface area (Å²) in [6, 6.07) is 3.89. The molecular weight excluding hydrogens is 290 g/mol. The van der Waals surface area contributed by atoms with Crippen LogP contribution in [0.2, 0.25) is 0 Å². The Hall–Kier alpha value is -3.35. The minimum Gasteiger partial charge on any atom is -0.339 e. The molecule has 0 radical (unpaired) electrons. The quantitative estimate of drug-likeness (QED) is 0.604. The summed E-state index contributed by atoms with van der Waals surface area (Å²) in [5.74, 6) is 0.697. The van der Waals surface area contributed by atoms with Gasteiger partial charge in [-0.25, -0.2) is 9.97 Å². The zero-order chi connectivity index (χ0) is 15.6. The van der Waals surface area contributed by atoms with Crippen molar-refractivity contribution in [3.8, 4) is 11.3 Å². The highest BCUT2D eigenvalue weighted by atomic mass is 15.1. The zero-order valence-electron chi connectivity index (χ0n) is 12.4. The van der Waals surface area contributed by atoms with Crippen molar-refractivity contribution in [2.75, 3.05) is 5.32 Å². The van der Waals surface area contributed by atoms with Gasteiger partial charge < -0.3 is 5.32 Å². The summed E-state index contributed by atoms with van der Waals surface area (Å²) in [4.78, 5) is 17.0. The summed E-state index contributed by atoms with van der Waals surface area (Å²) in [5, 5.41) is 11.2. The molecule has 0 bridgehead atoms. The Morgan fingerprint density at radius 3 is 2.78 bits per heavy atom. The number of fused-ring (bicyclic) bond motifs is 1. The summed E-state index contributed by atoms with van der Waals surface area (Å²) in [5.41, 5.74) is 4.52. The lowest BCUT2D eigenvalue weighted by Gasteiger charge is -2.07. The second-order valence-corrected chi connectivity index (χ2v) is 5.18. The van der Waals surface area contributed by atoms with Crippen LogP contribution in [0.3, 0.4) is 0 Å². The van der Waals surface area contributed by atoms with E-state index in [4.69, 9.17) is 0 Å². The third-order valence-electron chi connectivity index (χ3n) is 3.46. The van der Waals surface area contributed by atoms with Crippen LogP contribution in [0.1, 0.15) is 5.56 Å². The van der Waals surface area contributed by atoms with Crippen molar-refractivity contribution in [1.82, 2.24) is 30.1 Å². The third kappa shape index (κ3) is 2.59. The van der Waals surface area contributed by atoms with Crippen molar-refractivity contribution < 1.29 is 0 Å². The van der Waals surface area contributed by atoms with Crippen LogP contribution in [-0.4, -0.2) is 30.1 Å². The Balaban J connectivity index is 1.73. The van der Waals surface area contributed by atoms with Gasteiger partial charge in [-0.2, -0.15) is 5.10 Å². The van der Waals surface area contributed by atoms with Crippen molar-refractivity contribution in [1.29, 1.82) is 0 Å². The molecule has 23 heavy (non-hydrogen) atoms. The average Bonchev–Trinajstić information content (AvgIpc) is 3.03. The summed E-state index contributed by atoms with van der Waals surface area (Å²) in [6.07, 6.45) is 10.4. The number of aryl methyl sites for hydroxylation is 1. The van der Waals surface area contributed by atoms with E-state index in [0.29, 0.717) is 5.82 Å². The fourth-order valence-electron chi connectivity index (χ4n) is 2.41. The lowest BCUT2D eigenvalue weighted by molar-refractivity contribution is 1.11. The Morgan fingerprint density at radius 2 is 1.87 bits per heavy atom. The molecule has 0 amide bonds. The minimum atomic E-state index is 0.697. The molecule has 7 nitrogen and oxygen atoms in total. The molecule has 0 aliphatic carbocycles. The van der Waals surface area contributed by atoms with Crippen LogP contribution in [0.15, 0.2) is 49.4 Å². The SMILES string of the molecule is Cc1cncc(Nc2cc(-c3cncc4[nH]ncc34)ncn2)c1. The van der Waals surface area contributed by atoms with E-state index in [-0.39, 0.29) is 0 Å². The van der Waals surface area contributed by atoms with Crippen LogP contribution in [-0.2, 0) is 0 Å². The topological polar surface area (TPSA) is 92.3 Å². The lowest BCUT2D eigenvalue weighted by Crippen LogP contribution is -1.96. The van der Waals surface area contributed by atoms with Gasteiger partial charge in [0.05, 0.1) is 35.5 Å². The molecule has 112 valence electrons. The number of rotatable bonds is 3. The van der Waals surface area contributed by atoms with Crippen LogP contribution in [0.5, 0.6) is 0 Å². The second kappa shape index (κ2) is 5.45. The molecule has 2 N–H and O–H groups in total. The third-order valence-corrected chi connectivity index (χ3v) is 3.46. The van der Waals surface area contributed by atoms with Crippen LogP contribution in [0.25, 0.3) is 22.2 Å². The molecule has 0 saturated carbocycles. The van der Waals surface area contributed by atoms with E-state index >= 15 is 0 Å². The second-order valence-electron chi connectivity index (χ2n) is 5.18. The van der Waals surface area contributed by atoms with E-state index in [1.807, 2.05) is 25.3 Å². The number of nitrogens with zero attached hydrogens (tertiary/aromatic N) is 5. The predicted molar refractivity (Wildman–Crippen MR) is 87.2 cm³/mol. The molecule has 0 aliphatic heterocycles. The first-order valence-corrected chi connectivity index (χ1v) is 7.08. The van der Waals surface area contributed by atoms with Gasteiger partial charge >= 0.3 is 0 Å². The van der Waals surface area contributed by atoms with Crippen molar-refractivity contribution in [2.45, 2.75) is 6.92 Å². The maximum Gasteiger partial charge on any atom is 0.134 e. The van der Waals surface area contributed by atoms with E-state index in [1.54, 1.807) is 24.8 Å². The van der Waals surface area contributed by atoms with E-state index in [0.717, 1.165) is 33.4 Å².